The summed E-state index contributed by atoms with van der Waals surface area (Å²) in [5.41, 5.74) is 23.2. The second-order valence-corrected chi connectivity index (χ2v) is 16.7. The Morgan fingerprint density at radius 3 is 1.56 bits per heavy atom. The molecule has 3 heterocycles. The monoisotopic (exact) mass is 761 g/mol. The first-order valence-corrected chi connectivity index (χ1v) is 20.6. The van der Waals surface area contributed by atoms with Gasteiger partial charge in [0.15, 0.2) is 5.58 Å². The van der Waals surface area contributed by atoms with Crippen LogP contribution in [0, 0.1) is 41.5 Å². The first-order chi connectivity index (χ1) is 28.7. The fourth-order valence-corrected chi connectivity index (χ4v) is 9.68. The summed E-state index contributed by atoms with van der Waals surface area (Å²) in [6.07, 6.45) is 0. The van der Waals surface area contributed by atoms with E-state index in [1.165, 1.54) is 72.5 Å². The van der Waals surface area contributed by atoms with Crippen LogP contribution in [0.2, 0.25) is 0 Å². The zero-order valence-corrected chi connectivity index (χ0v) is 34.3. The summed E-state index contributed by atoms with van der Waals surface area (Å²) in [4.78, 5) is 7.44. The Morgan fingerprint density at radius 2 is 0.966 bits per heavy atom. The van der Waals surface area contributed by atoms with Crippen LogP contribution in [0.1, 0.15) is 33.4 Å². The number of rotatable bonds is 5. The summed E-state index contributed by atoms with van der Waals surface area (Å²) < 4.78 is 6.82. The van der Waals surface area contributed by atoms with Crippen molar-refractivity contribution in [3.8, 4) is 0 Å². The Morgan fingerprint density at radius 1 is 0.441 bits per heavy atom. The average molecular weight is 762 g/mol. The highest BCUT2D eigenvalue weighted by Gasteiger charge is 2.44. The number of hydrogen-bond donors (Lipinski definition) is 0. The van der Waals surface area contributed by atoms with Crippen molar-refractivity contribution in [3.63, 3.8) is 0 Å². The van der Waals surface area contributed by atoms with E-state index >= 15 is 0 Å². The fraction of sp³-hybridized carbons (Fsp3) is 0.111. The van der Waals surface area contributed by atoms with Crippen molar-refractivity contribution in [3.05, 3.63) is 191 Å². The van der Waals surface area contributed by atoms with Crippen molar-refractivity contribution in [2.24, 2.45) is 0 Å². The second-order valence-electron chi connectivity index (χ2n) is 16.7. The Bertz CT molecular complexity index is 3020. The van der Waals surface area contributed by atoms with E-state index in [0.717, 1.165) is 50.4 Å². The molecular weight excluding hydrogens is 717 g/mol. The van der Waals surface area contributed by atoms with Gasteiger partial charge < -0.3 is 19.1 Å². The van der Waals surface area contributed by atoms with Gasteiger partial charge in [0.25, 0.3) is 6.71 Å². The molecule has 5 heteroatoms. The molecule has 0 saturated carbocycles. The predicted molar refractivity (Wildman–Crippen MR) is 251 cm³/mol. The number of fused-ring (bicyclic) bond motifs is 7. The van der Waals surface area contributed by atoms with Crippen LogP contribution in [-0.2, 0) is 0 Å². The quantitative estimate of drug-likeness (QED) is 0.163. The Labute approximate surface area is 346 Å². The van der Waals surface area contributed by atoms with Crippen molar-refractivity contribution in [1.29, 1.82) is 0 Å². The van der Waals surface area contributed by atoms with Gasteiger partial charge in [-0.2, -0.15) is 0 Å². The number of benzene rings is 8. The van der Waals surface area contributed by atoms with Crippen LogP contribution in [0.3, 0.4) is 0 Å². The number of anilines is 9. The Balaban J connectivity index is 1.29. The van der Waals surface area contributed by atoms with Crippen LogP contribution in [0.25, 0.3) is 21.9 Å². The third-order valence-electron chi connectivity index (χ3n) is 12.4. The molecule has 8 aromatic carbocycles. The highest BCUT2D eigenvalue weighted by molar-refractivity contribution is 7.00. The van der Waals surface area contributed by atoms with Crippen molar-refractivity contribution in [2.45, 2.75) is 41.5 Å². The molecule has 0 spiro atoms. The standard InChI is InChI=1S/C54H44BN3O/c1-33-14-21-39(22-15-33)56-47-26-19-36(4)29-44(47)55-45-30-37(5)20-27-48(45)57(40-23-16-34(2)17-24-40)51-32-41(31-50(56)53(51)55)58(46-25-18-35(3)28-38(46)6)49-12-9-11-43-42-10-7-8-13-52(42)59-54(43)49/h7-32H,1-6H3. The zero-order valence-electron chi connectivity index (χ0n) is 34.3. The molecule has 0 N–H and O–H groups in total. The zero-order chi connectivity index (χ0) is 40.1. The van der Waals surface area contributed by atoms with Crippen molar-refractivity contribution >= 4 is 96.2 Å². The maximum absolute atomic E-state index is 6.82. The van der Waals surface area contributed by atoms with E-state index in [0.29, 0.717) is 0 Å². The van der Waals surface area contributed by atoms with Crippen molar-refractivity contribution < 1.29 is 4.42 Å². The maximum atomic E-state index is 6.82. The van der Waals surface area contributed by atoms with Crippen LogP contribution in [-0.4, -0.2) is 6.71 Å². The van der Waals surface area contributed by atoms with Crippen LogP contribution in [0.4, 0.5) is 51.2 Å². The molecule has 0 amide bonds. The number of nitrogens with zero attached hydrogens (tertiary/aromatic N) is 3. The molecule has 0 atom stereocenters. The molecule has 0 bridgehead atoms. The lowest BCUT2D eigenvalue weighted by atomic mass is 9.33. The molecule has 0 fully saturated rings. The molecular formula is C54H44BN3O. The molecule has 2 aliphatic rings. The molecule has 2 aliphatic heterocycles. The molecule has 0 aliphatic carbocycles. The van der Waals surface area contributed by atoms with Gasteiger partial charge in [0.05, 0.1) is 11.4 Å². The first-order valence-electron chi connectivity index (χ1n) is 20.6. The normalized spacial score (nSPS) is 12.8. The topological polar surface area (TPSA) is 22.9 Å². The van der Waals surface area contributed by atoms with Gasteiger partial charge in [0.1, 0.15) is 5.58 Å². The summed E-state index contributed by atoms with van der Waals surface area (Å²) in [7, 11) is 0. The predicted octanol–water partition coefficient (Wildman–Crippen LogP) is 13.0. The molecule has 0 unspecified atom stereocenters. The van der Waals surface area contributed by atoms with Crippen LogP contribution in [0.15, 0.2) is 162 Å². The third kappa shape index (κ3) is 5.52. The summed E-state index contributed by atoms with van der Waals surface area (Å²) in [5, 5.41) is 2.21. The summed E-state index contributed by atoms with van der Waals surface area (Å²) in [6.45, 7) is 13.2. The second kappa shape index (κ2) is 13.3. The molecule has 0 radical (unpaired) electrons. The van der Waals surface area contributed by atoms with Crippen molar-refractivity contribution in [2.75, 3.05) is 14.7 Å². The molecule has 59 heavy (non-hydrogen) atoms. The lowest BCUT2D eigenvalue weighted by Crippen LogP contribution is -2.61. The minimum Gasteiger partial charge on any atom is -0.454 e. The summed E-state index contributed by atoms with van der Waals surface area (Å²) >= 11 is 0. The van der Waals surface area contributed by atoms with Crippen molar-refractivity contribution in [1.82, 2.24) is 0 Å². The first kappa shape index (κ1) is 35.2. The van der Waals surface area contributed by atoms with Gasteiger partial charge in [0.2, 0.25) is 0 Å². The molecule has 284 valence electrons. The van der Waals surface area contributed by atoms with Gasteiger partial charge >= 0.3 is 0 Å². The molecule has 9 aromatic rings. The number of para-hydroxylation sites is 2. The fourth-order valence-electron chi connectivity index (χ4n) is 9.68. The van der Waals surface area contributed by atoms with Gasteiger partial charge in [-0.1, -0.05) is 119 Å². The van der Waals surface area contributed by atoms with E-state index in [1.807, 2.05) is 0 Å². The molecule has 1 aromatic heterocycles. The summed E-state index contributed by atoms with van der Waals surface area (Å²) in [6, 6.07) is 58.6. The minimum absolute atomic E-state index is 0.0237. The number of aryl methyl sites for hydroxylation is 6. The van der Waals surface area contributed by atoms with E-state index < -0.39 is 0 Å². The average Bonchev–Trinajstić information content (AvgIpc) is 3.62. The van der Waals surface area contributed by atoms with Gasteiger partial charge in [0, 0.05) is 50.6 Å². The van der Waals surface area contributed by atoms with Crippen LogP contribution in [0.5, 0.6) is 0 Å². The lowest BCUT2D eigenvalue weighted by molar-refractivity contribution is 0.669. The highest BCUT2D eigenvalue weighted by Crippen LogP contribution is 2.50. The van der Waals surface area contributed by atoms with Gasteiger partial charge in [-0.3, -0.25) is 0 Å². The van der Waals surface area contributed by atoms with E-state index in [4.69, 9.17) is 4.42 Å². The maximum Gasteiger partial charge on any atom is 0.252 e. The Hall–Kier alpha value is -6.98. The van der Waals surface area contributed by atoms with E-state index in [2.05, 4.69) is 214 Å². The Kier molecular flexibility index (Phi) is 7.93. The van der Waals surface area contributed by atoms with Crippen LogP contribution < -0.4 is 31.1 Å². The molecule has 11 rings (SSSR count). The van der Waals surface area contributed by atoms with Gasteiger partial charge in [-0.25, -0.2) is 0 Å². The van der Waals surface area contributed by atoms with E-state index in [1.54, 1.807) is 0 Å². The number of furan rings is 1. The smallest absolute Gasteiger partial charge is 0.252 e. The van der Waals surface area contributed by atoms with Gasteiger partial charge in [-0.15, -0.1) is 0 Å². The minimum atomic E-state index is 0.0237. The van der Waals surface area contributed by atoms with Crippen LogP contribution >= 0.6 is 0 Å². The number of hydrogen-bond acceptors (Lipinski definition) is 4. The SMILES string of the molecule is Cc1ccc(N2c3ccc(C)cc3B3c4cc(C)ccc4N(c4ccc(C)cc4)c4cc(N(c5ccc(C)cc5C)c5cccc6c5oc5ccccc56)cc2c43)cc1. The molecule has 0 saturated heterocycles. The van der Waals surface area contributed by atoms with E-state index in [-0.39, 0.29) is 6.71 Å². The van der Waals surface area contributed by atoms with E-state index in [9.17, 15) is 0 Å². The third-order valence-corrected chi connectivity index (χ3v) is 12.4. The summed E-state index contributed by atoms with van der Waals surface area (Å²) in [5.74, 6) is 0. The lowest BCUT2D eigenvalue weighted by Gasteiger charge is -2.45. The highest BCUT2D eigenvalue weighted by atomic mass is 16.3. The molecule has 4 nitrogen and oxygen atoms in total. The largest absolute Gasteiger partial charge is 0.454 e. The van der Waals surface area contributed by atoms with Gasteiger partial charge in [-0.05, 0) is 130 Å².